The molecule has 0 aliphatic carbocycles. The molecule has 2 fully saturated rings. The van der Waals surface area contributed by atoms with E-state index in [-0.39, 0.29) is 61.2 Å². The van der Waals surface area contributed by atoms with Crippen molar-refractivity contribution in [1.82, 2.24) is 10.2 Å². The second-order valence-corrected chi connectivity index (χ2v) is 27.0. The number of fused-ring (bicyclic) bond motifs is 2. The summed E-state index contributed by atoms with van der Waals surface area (Å²) in [5, 5.41) is 29.8. The van der Waals surface area contributed by atoms with Gasteiger partial charge in [-0.15, -0.1) is 0 Å². The number of ether oxygens (including phenoxy) is 3. The van der Waals surface area contributed by atoms with E-state index in [1.165, 1.54) is 24.3 Å². The normalized spacial score (nSPS) is 21.4. The van der Waals surface area contributed by atoms with E-state index in [1.807, 2.05) is 50.9 Å². The maximum Gasteiger partial charge on any atom is 0.410 e. The fourth-order valence-corrected chi connectivity index (χ4v) is 12.3. The van der Waals surface area contributed by atoms with Crippen LogP contribution in [-0.2, 0) is 70.3 Å². The predicted octanol–water partition coefficient (Wildman–Crippen LogP) is 4.76. The molecule has 4 aliphatic rings. The number of aliphatic hydroxyl groups is 3. The van der Waals surface area contributed by atoms with E-state index in [4.69, 9.17) is 24.4 Å². The second-order valence-electron chi connectivity index (χ2n) is 21.0. The molecule has 2 aromatic carbocycles. The largest absolute Gasteiger partial charge is 0.441 e. The van der Waals surface area contributed by atoms with E-state index < -0.39 is 75.0 Å². The molecule has 2 saturated heterocycles. The molecule has 4 unspecified atom stereocenters. The number of likely N-dealkylation sites (N-methyl/N-ethyl adjacent to an activating group) is 1. The van der Waals surface area contributed by atoms with Gasteiger partial charge >= 0.3 is 6.09 Å². The molecular weight excluding hydrogens is 1150 g/mol. The first-order chi connectivity index (χ1) is 38.5. The van der Waals surface area contributed by atoms with Crippen LogP contribution >= 0.6 is 0 Å². The summed E-state index contributed by atoms with van der Waals surface area (Å²) >= 11 is 0. The van der Waals surface area contributed by atoms with Crippen LogP contribution in [0.15, 0.2) is 82.3 Å². The molecule has 82 heavy (non-hydrogen) atoms. The van der Waals surface area contributed by atoms with E-state index in [2.05, 4.69) is 9.89 Å². The summed E-state index contributed by atoms with van der Waals surface area (Å²) in [5.74, 6) is -0.937. The van der Waals surface area contributed by atoms with Crippen LogP contribution in [0, 0.1) is 0 Å². The molecule has 1 amide bonds. The fraction of sp³-hybridized carbons (Fsp3) is 0.611. The third-order valence-corrected chi connectivity index (χ3v) is 17.8. The molecule has 24 nitrogen and oxygen atoms in total. The standard InChI is InChI=1S/C38H50N2O13S4.C11H19NO5.C5H13NO2/c1-37(2)31-27-29(56(48,49)50)17-19-33(31)39(22-10-4-5-12-24-41)35(37)15-7-6-8-16-36-38(3,21-9-13-25-54(42,43)44)32-28-30(57(51,52)53)18-20-34(32)40(36)23-11-14-26-55(45,46)47;13-6-8-5-9(14)10(7-16-8)17-11(15)12-3-1-2-4-12;1-6-2-4-8-5-3-7/h6-8,15-20,24,27-28H,4-5,9-14,21-23,25-26H2,1-3H3,(H3-,42,43,44,45,46,47,48,49,50,51,52,53);8-10,13-14H,1-7H2;6-7H,2-5H2,1H3/p+1. The summed E-state index contributed by atoms with van der Waals surface area (Å²) in [6.45, 7) is 10.1. The number of unbranched alkanes of at least 4 members (excludes halogenated alkanes) is 5. The van der Waals surface area contributed by atoms with Gasteiger partial charge in [0.15, 0.2) is 11.8 Å². The van der Waals surface area contributed by atoms with Crippen LogP contribution in [0.25, 0.3) is 0 Å². The number of carbonyl (C=O) groups is 2. The Morgan fingerprint density at radius 1 is 0.805 bits per heavy atom. The van der Waals surface area contributed by atoms with Crippen LogP contribution in [-0.4, -0.2) is 197 Å². The van der Waals surface area contributed by atoms with E-state index >= 15 is 0 Å². The minimum absolute atomic E-state index is 0.109. The van der Waals surface area contributed by atoms with E-state index in [1.54, 1.807) is 29.2 Å². The van der Waals surface area contributed by atoms with Crippen LogP contribution in [0.3, 0.4) is 0 Å². The van der Waals surface area contributed by atoms with Gasteiger partial charge in [-0.1, -0.05) is 24.6 Å². The van der Waals surface area contributed by atoms with Crippen molar-refractivity contribution in [2.75, 3.05) is 89.2 Å². The summed E-state index contributed by atoms with van der Waals surface area (Å²) in [6, 6.07) is 8.65. The van der Waals surface area contributed by atoms with Crippen molar-refractivity contribution in [3.63, 3.8) is 0 Å². The van der Waals surface area contributed by atoms with E-state index in [9.17, 15) is 66.6 Å². The van der Waals surface area contributed by atoms with Gasteiger partial charge in [0.1, 0.15) is 12.8 Å². The Morgan fingerprint density at radius 3 is 2.02 bits per heavy atom. The molecule has 28 heteroatoms. The maximum absolute atomic E-state index is 12.2. The molecule has 0 saturated carbocycles. The lowest BCUT2D eigenvalue weighted by atomic mass is 9.77. The Morgan fingerprint density at radius 2 is 1.44 bits per heavy atom. The highest BCUT2D eigenvalue weighted by molar-refractivity contribution is 7.86. The highest BCUT2D eigenvalue weighted by atomic mass is 32.2. The quantitative estimate of drug-likeness (QED) is 0.0187. The molecule has 0 radical (unpaired) electrons. The van der Waals surface area contributed by atoms with Gasteiger partial charge in [-0.25, -0.2) is 4.79 Å². The lowest BCUT2D eigenvalue weighted by Crippen LogP contribution is -2.46. The first kappa shape index (κ1) is 70.0. The van der Waals surface area contributed by atoms with Gasteiger partial charge in [0.2, 0.25) is 5.69 Å². The molecule has 4 aliphatic heterocycles. The van der Waals surface area contributed by atoms with Crippen LogP contribution < -0.4 is 10.2 Å². The lowest BCUT2D eigenvalue weighted by Gasteiger charge is -2.32. The van der Waals surface area contributed by atoms with Crippen molar-refractivity contribution in [2.45, 2.75) is 137 Å². The van der Waals surface area contributed by atoms with Crippen LogP contribution in [0.2, 0.25) is 0 Å². The number of likely N-dealkylation sites (tertiary alicyclic amines) is 1. The van der Waals surface area contributed by atoms with Crippen molar-refractivity contribution in [2.24, 2.45) is 0 Å². The van der Waals surface area contributed by atoms with Crippen LogP contribution in [0.5, 0.6) is 0 Å². The van der Waals surface area contributed by atoms with Crippen molar-refractivity contribution in [1.29, 1.82) is 0 Å². The van der Waals surface area contributed by atoms with Gasteiger partial charge in [0, 0.05) is 79.9 Å². The maximum atomic E-state index is 12.2. The number of anilines is 1. The number of hydrogen-bond donors (Lipinski definition) is 8. The Hall–Kier alpha value is -4.53. The van der Waals surface area contributed by atoms with E-state index in [0.717, 1.165) is 69.4 Å². The molecule has 0 spiro atoms. The lowest BCUT2D eigenvalue weighted by molar-refractivity contribution is -0.438. The number of benzene rings is 2. The van der Waals surface area contributed by atoms with Crippen LogP contribution in [0.1, 0.15) is 109 Å². The summed E-state index contributed by atoms with van der Waals surface area (Å²) in [7, 11) is -15.7. The number of hydrogen-bond acceptors (Lipinski definition) is 18. The van der Waals surface area contributed by atoms with Gasteiger partial charge in [-0.2, -0.15) is 38.2 Å². The number of nitrogens with one attached hydrogen (secondary N) is 1. The zero-order valence-electron chi connectivity index (χ0n) is 47.0. The van der Waals surface area contributed by atoms with Crippen molar-refractivity contribution < 1.29 is 95.6 Å². The average molecular weight is 1240 g/mol. The molecule has 8 N–H and O–H groups in total. The Kier molecular flexibility index (Phi) is 27.4. The summed E-state index contributed by atoms with van der Waals surface area (Å²) in [4.78, 5) is 25.5. The molecule has 4 atom stereocenters. The minimum Gasteiger partial charge on any atom is -0.441 e. The number of aliphatic hydroxyl groups excluding tert-OH is 3. The molecule has 0 bridgehead atoms. The molecule has 4 heterocycles. The third kappa shape index (κ3) is 21.2. The SMILES string of the molecule is CC1(C)C(/C=C/C=C/C=C2\N(CCCCS(=O)(=O)O)c3ccc(S(=O)(=O)O)cc3C2(C)CCCCS(=O)(=O)O)=[N+](CCCCCC=O)c2ccc(S(=O)(=O)O)cc21.CNCCOCCO.O=C(OC1COC(CO)CC1O)N1CCCC1. The average Bonchev–Trinajstić information content (AvgIpc) is 3.50. The van der Waals surface area contributed by atoms with E-state index in [0.29, 0.717) is 74.4 Å². The van der Waals surface area contributed by atoms with Gasteiger partial charge in [-0.3, -0.25) is 18.2 Å². The van der Waals surface area contributed by atoms with Crippen molar-refractivity contribution >= 4 is 69.9 Å². The predicted molar refractivity (Wildman–Crippen MR) is 307 cm³/mol. The number of aldehydes is 1. The van der Waals surface area contributed by atoms with Crippen molar-refractivity contribution in [3.05, 3.63) is 83.6 Å². The zero-order valence-corrected chi connectivity index (χ0v) is 50.3. The fourth-order valence-electron chi connectivity index (χ4n) is 10.1. The number of carbonyl (C=O) groups excluding carboxylic acids is 2. The number of amides is 1. The Labute approximate surface area is 482 Å². The summed E-state index contributed by atoms with van der Waals surface area (Å²) in [6.07, 6.45) is 14.0. The van der Waals surface area contributed by atoms with Gasteiger partial charge in [-0.05, 0) is 121 Å². The number of allylic oxidation sites excluding steroid dienone is 6. The van der Waals surface area contributed by atoms with Gasteiger partial charge in [0.25, 0.3) is 40.5 Å². The molecular formula is C54H83N4O20S4+. The monoisotopic (exact) mass is 1240 g/mol. The number of nitrogens with zero attached hydrogens (tertiary/aromatic N) is 3. The molecule has 462 valence electrons. The topological polar surface area (TPSA) is 362 Å². The molecule has 2 aromatic rings. The Bertz CT molecular complexity index is 3030. The summed E-state index contributed by atoms with van der Waals surface area (Å²) in [5.41, 5.74) is 2.52. The van der Waals surface area contributed by atoms with Crippen molar-refractivity contribution in [3.8, 4) is 0 Å². The molecule has 6 rings (SSSR count). The second kappa shape index (κ2) is 32.1. The Balaban J connectivity index is 0.000000471. The smallest absolute Gasteiger partial charge is 0.410 e. The highest BCUT2D eigenvalue weighted by Gasteiger charge is 2.46. The van der Waals surface area contributed by atoms with Gasteiger partial charge < -0.3 is 49.4 Å². The minimum atomic E-state index is -4.61. The molecule has 0 aromatic heterocycles. The number of rotatable bonds is 28. The first-order valence-electron chi connectivity index (χ1n) is 27.3. The van der Waals surface area contributed by atoms with Gasteiger partial charge in [0.05, 0.1) is 72.0 Å². The highest BCUT2D eigenvalue weighted by Crippen LogP contribution is 2.51. The van der Waals surface area contributed by atoms with Crippen LogP contribution in [0.4, 0.5) is 16.2 Å². The first-order valence-corrected chi connectivity index (χ1v) is 33.4. The summed E-state index contributed by atoms with van der Waals surface area (Å²) < 4.78 is 150. The zero-order chi connectivity index (χ0) is 60.9. The third-order valence-electron chi connectivity index (χ3n) is 14.4.